The number of hydrogen-bond acceptors (Lipinski definition) is 4. The van der Waals surface area contributed by atoms with Crippen LogP contribution in [0.25, 0.3) is 6.08 Å². The summed E-state index contributed by atoms with van der Waals surface area (Å²) in [5.41, 5.74) is 0.924. The van der Waals surface area contributed by atoms with Gasteiger partial charge in [0.25, 0.3) is 0 Å². The molecule has 0 atom stereocenters. The highest BCUT2D eigenvalue weighted by molar-refractivity contribution is 7.14. The molecule has 2 aromatic rings. The number of hydrogen-bond donors (Lipinski definition) is 2. The summed E-state index contributed by atoms with van der Waals surface area (Å²) in [6, 6.07) is 12.7. The minimum Gasteiger partial charge on any atom is -0.477 e. The van der Waals surface area contributed by atoms with Crippen molar-refractivity contribution in [2.24, 2.45) is 0 Å². The van der Waals surface area contributed by atoms with Crippen LogP contribution in [0.5, 0.6) is 0 Å². The minimum absolute atomic E-state index is 0.225. The van der Waals surface area contributed by atoms with Crippen LogP contribution < -0.4 is 5.32 Å². The zero-order chi connectivity index (χ0) is 15.8. The number of carbonyl (C=O) groups excluding carboxylic acids is 1. The molecular weight excluding hydrogens is 302 g/mol. The Morgan fingerprint density at radius 2 is 1.95 bits per heavy atom. The largest absolute Gasteiger partial charge is 0.477 e. The van der Waals surface area contributed by atoms with Crippen molar-refractivity contribution in [3.05, 3.63) is 63.9 Å². The number of carboxylic acid groups (broad SMARTS) is 1. The maximum Gasteiger partial charge on any atom is 0.407 e. The number of thiophene rings is 1. The van der Waals surface area contributed by atoms with E-state index in [-0.39, 0.29) is 11.5 Å². The van der Waals surface area contributed by atoms with Gasteiger partial charge in [0.05, 0.1) is 0 Å². The fourth-order valence-electron chi connectivity index (χ4n) is 1.65. The normalized spacial score (nSPS) is 10.5. The minimum atomic E-state index is -0.938. The number of carbonyl (C=O) groups is 2. The van der Waals surface area contributed by atoms with E-state index in [1.807, 2.05) is 30.3 Å². The van der Waals surface area contributed by atoms with Crippen molar-refractivity contribution in [2.75, 3.05) is 6.54 Å². The predicted octanol–water partition coefficient (Wildman–Crippen LogP) is 3.39. The molecular formula is C16H15NO4S. The van der Waals surface area contributed by atoms with Crippen molar-refractivity contribution in [3.8, 4) is 0 Å². The molecule has 22 heavy (non-hydrogen) atoms. The van der Waals surface area contributed by atoms with Crippen molar-refractivity contribution in [1.82, 2.24) is 5.32 Å². The van der Waals surface area contributed by atoms with Gasteiger partial charge in [0.2, 0.25) is 0 Å². The van der Waals surface area contributed by atoms with E-state index in [4.69, 9.17) is 9.84 Å². The molecule has 0 saturated heterocycles. The van der Waals surface area contributed by atoms with Crippen LogP contribution in [0.4, 0.5) is 4.79 Å². The van der Waals surface area contributed by atoms with Crippen molar-refractivity contribution in [3.63, 3.8) is 0 Å². The van der Waals surface area contributed by atoms with Gasteiger partial charge in [-0.05, 0) is 23.8 Å². The molecule has 2 N–H and O–H groups in total. The summed E-state index contributed by atoms with van der Waals surface area (Å²) in [6.07, 6.45) is 3.00. The highest BCUT2D eigenvalue weighted by Crippen LogP contribution is 2.17. The number of nitrogens with one attached hydrogen (secondary N) is 1. The van der Waals surface area contributed by atoms with Crippen LogP contribution >= 0.6 is 11.3 Å². The summed E-state index contributed by atoms with van der Waals surface area (Å²) in [6.45, 7) is 0.539. The number of carboxylic acids is 1. The Morgan fingerprint density at radius 3 is 2.64 bits per heavy atom. The third kappa shape index (κ3) is 5.06. The fraction of sp³-hybridized carbons (Fsp3) is 0.125. The third-order valence-corrected chi connectivity index (χ3v) is 3.74. The molecule has 1 heterocycles. The van der Waals surface area contributed by atoms with Gasteiger partial charge < -0.3 is 15.2 Å². The average molecular weight is 317 g/mol. The molecule has 6 heteroatoms. The lowest BCUT2D eigenvalue weighted by Gasteiger charge is -2.04. The summed E-state index contributed by atoms with van der Waals surface area (Å²) >= 11 is 1.18. The lowest BCUT2D eigenvalue weighted by atomic mass is 10.2. The van der Waals surface area contributed by atoms with Crippen molar-refractivity contribution >= 4 is 29.5 Å². The van der Waals surface area contributed by atoms with Crippen LogP contribution in [-0.4, -0.2) is 23.7 Å². The van der Waals surface area contributed by atoms with E-state index in [0.717, 1.165) is 10.4 Å². The van der Waals surface area contributed by atoms with E-state index in [1.165, 1.54) is 11.3 Å². The quantitative estimate of drug-likeness (QED) is 0.856. The molecule has 0 aliphatic carbocycles. The first-order valence-corrected chi connectivity index (χ1v) is 7.41. The molecule has 0 radical (unpaired) electrons. The van der Waals surface area contributed by atoms with Crippen LogP contribution in [0.3, 0.4) is 0 Å². The second-order valence-electron chi connectivity index (χ2n) is 4.35. The molecule has 0 spiro atoms. The highest BCUT2D eigenvalue weighted by atomic mass is 32.1. The third-order valence-electron chi connectivity index (χ3n) is 2.70. The standard InChI is InChI=1S/C16H15NO4S/c18-15(19)14-9-8-13(22-14)7-4-10-17-16(20)21-11-12-5-2-1-3-6-12/h1-9H,10-11H2,(H,17,20)(H,18,19). The molecule has 0 unspecified atom stereocenters. The molecule has 0 fully saturated rings. The topological polar surface area (TPSA) is 75.6 Å². The molecule has 0 aliphatic heterocycles. The molecule has 1 aromatic heterocycles. The van der Waals surface area contributed by atoms with Crippen LogP contribution in [0.2, 0.25) is 0 Å². The monoisotopic (exact) mass is 317 g/mol. The maximum absolute atomic E-state index is 11.5. The fourth-order valence-corrected chi connectivity index (χ4v) is 2.43. The Bertz CT molecular complexity index is 664. The van der Waals surface area contributed by atoms with Crippen molar-refractivity contribution in [2.45, 2.75) is 6.61 Å². The van der Waals surface area contributed by atoms with Crippen molar-refractivity contribution in [1.29, 1.82) is 0 Å². The van der Waals surface area contributed by atoms with E-state index < -0.39 is 12.1 Å². The molecule has 0 bridgehead atoms. The maximum atomic E-state index is 11.5. The Kier molecular flexibility index (Phi) is 5.73. The SMILES string of the molecule is O=C(NCC=Cc1ccc(C(=O)O)s1)OCc1ccccc1. The van der Waals surface area contributed by atoms with Gasteiger partial charge in [-0.1, -0.05) is 36.4 Å². The first kappa shape index (κ1) is 15.8. The first-order chi connectivity index (χ1) is 10.6. The van der Waals surface area contributed by atoms with Gasteiger partial charge in [-0.15, -0.1) is 11.3 Å². The van der Waals surface area contributed by atoms with Gasteiger partial charge >= 0.3 is 12.1 Å². The Morgan fingerprint density at radius 1 is 1.18 bits per heavy atom. The van der Waals surface area contributed by atoms with E-state index in [0.29, 0.717) is 6.54 Å². The zero-order valence-electron chi connectivity index (χ0n) is 11.7. The summed E-state index contributed by atoms with van der Waals surface area (Å²) in [5, 5.41) is 11.4. The molecule has 114 valence electrons. The smallest absolute Gasteiger partial charge is 0.407 e. The van der Waals surface area contributed by atoms with Crippen LogP contribution in [-0.2, 0) is 11.3 Å². The van der Waals surface area contributed by atoms with Gasteiger partial charge in [0.15, 0.2) is 0 Å². The number of aromatic carboxylic acids is 1. The molecule has 2 rings (SSSR count). The van der Waals surface area contributed by atoms with Crippen molar-refractivity contribution < 1.29 is 19.4 Å². The number of amides is 1. The van der Waals surface area contributed by atoms with Gasteiger partial charge in [-0.2, -0.15) is 0 Å². The average Bonchev–Trinajstić information content (AvgIpc) is 3.00. The van der Waals surface area contributed by atoms with E-state index in [2.05, 4.69) is 5.32 Å². The van der Waals surface area contributed by atoms with E-state index in [1.54, 1.807) is 24.3 Å². The number of rotatable bonds is 6. The molecule has 5 nitrogen and oxygen atoms in total. The van der Waals surface area contributed by atoms with Gasteiger partial charge in [0.1, 0.15) is 11.5 Å². The van der Waals surface area contributed by atoms with Gasteiger partial charge in [-0.3, -0.25) is 0 Å². The first-order valence-electron chi connectivity index (χ1n) is 6.59. The second kappa shape index (κ2) is 7.99. The van der Waals surface area contributed by atoms with E-state index >= 15 is 0 Å². The van der Waals surface area contributed by atoms with Crippen LogP contribution in [0.15, 0.2) is 48.5 Å². The Labute approximate surface area is 131 Å². The molecule has 1 aromatic carbocycles. The Hall–Kier alpha value is -2.60. The van der Waals surface area contributed by atoms with Crippen LogP contribution in [0, 0.1) is 0 Å². The summed E-state index contributed by atoms with van der Waals surface area (Å²) in [5.74, 6) is -0.938. The Balaban J connectivity index is 1.70. The summed E-state index contributed by atoms with van der Waals surface area (Å²) < 4.78 is 5.06. The second-order valence-corrected chi connectivity index (χ2v) is 5.47. The highest BCUT2D eigenvalue weighted by Gasteiger charge is 2.04. The van der Waals surface area contributed by atoms with Gasteiger partial charge in [0, 0.05) is 11.4 Å². The summed E-state index contributed by atoms with van der Waals surface area (Å²) in [7, 11) is 0. The summed E-state index contributed by atoms with van der Waals surface area (Å²) in [4.78, 5) is 23.3. The molecule has 1 amide bonds. The lowest BCUT2D eigenvalue weighted by Crippen LogP contribution is -2.24. The number of benzene rings is 1. The van der Waals surface area contributed by atoms with Crippen LogP contribution in [0.1, 0.15) is 20.1 Å². The molecule has 0 aliphatic rings. The number of alkyl carbamates (subject to hydrolysis) is 1. The van der Waals surface area contributed by atoms with E-state index in [9.17, 15) is 9.59 Å². The molecule has 0 saturated carbocycles. The predicted molar refractivity (Wildman–Crippen MR) is 84.9 cm³/mol. The number of ether oxygens (including phenoxy) is 1. The lowest BCUT2D eigenvalue weighted by molar-refractivity contribution is 0.0702. The zero-order valence-corrected chi connectivity index (χ0v) is 12.5. The van der Waals surface area contributed by atoms with Gasteiger partial charge in [-0.25, -0.2) is 9.59 Å².